The minimum Gasteiger partial charge on any atom is -0.340 e. The van der Waals surface area contributed by atoms with E-state index in [-0.39, 0.29) is 24.2 Å². The third-order valence-corrected chi connectivity index (χ3v) is 2.99. The van der Waals surface area contributed by atoms with Crippen LogP contribution in [0.4, 0.5) is 0 Å². The van der Waals surface area contributed by atoms with Gasteiger partial charge in [-0.1, -0.05) is 13.0 Å². The summed E-state index contributed by atoms with van der Waals surface area (Å²) in [4.78, 5) is 14.6. The smallest absolute Gasteiger partial charge is 0.226 e. The first-order chi connectivity index (χ1) is 6.65. The number of hydrogen-bond donors (Lipinski definition) is 1. The van der Waals surface area contributed by atoms with Crippen LogP contribution in [0.1, 0.15) is 11.8 Å². The first kappa shape index (κ1) is 14.4. The fraction of sp³-hybridized carbons (Fsp3) is 0.500. The topological polar surface area (TPSA) is 46.3 Å². The van der Waals surface area contributed by atoms with Gasteiger partial charge in [0.15, 0.2) is 0 Å². The lowest BCUT2D eigenvalue weighted by Gasteiger charge is -2.19. The molecule has 0 saturated carbocycles. The van der Waals surface area contributed by atoms with Gasteiger partial charge in [0.2, 0.25) is 5.91 Å². The number of amides is 1. The molecule has 0 aliphatic heterocycles. The molecule has 1 aromatic rings. The van der Waals surface area contributed by atoms with E-state index >= 15 is 0 Å². The molecular weight excluding hydrogens is 232 g/mol. The zero-order chi connectivity index (χ0) is 10.6. The van der Waals surface area contributed by atoms with E-state index in [0.29, 0.717) is 13.1 Å². The van der Waals surface area contributed by atoms with Crippen LogP contribution < -0.4 is 5.73 Å². The monoisotopic (exact) mass is 248 g/mol. The molecule has 5 heteroatoms. The summed E-state index contributed by atoms with van der Waals surface area (Å²) in [7, 11) is 1.81. The summed E-state index contributed by atoms with van der Waals surface area (Å²) in [5.74, 6) is 0.0286. The molecule has 0 aliphatic carbocycles. The van der Waals surface area contributed by atoms with E-state index in [1.54, 1.807) is 16.2 Å². The molecule has 1 unspecified atom stereocenters. The molecule has 1 heterocycles. The summed E-state index contributed by atoms with van der Waals surface area (Å²) in [5, 5.41) is 2.01. The second-order valence-corrected chi connectivity index (χ2v) is 4.44. The lowest BCUT2D eigenvalue weighted by Crippen LogP contribution is -2.34. The van der Waals surface area contributed by atoms with Crippen molar-refractivity contribution in [3.05, 3.63) is 22.4 Å². The average molecular weight is 249 g/mol. The third-order valence-electron chi connectivity index (χ3n) is 2.12. The highest BCUT2D eigenvalue weighted by molar-refractivity contribution is 7.09. The van der Waals surface area contributed by atoms with E-state index in [0.717, 1.165) is 0 Å². The van der Waals surface area contributed by atoms with Gasteiger partial charge in [-0.2, -0.15) is 0 Å². The summed E-state index contributed by atoms with van der Waals surface area (Å²) >= 11 is 1.66. The quantitative estimate of drug-likeness (QED) is 0.882. The van der Waals surface area contributed by atoms with Gasteiger partial charge in [0.05, 0.1) is 6.54 Å². The SMILES string of the molecule is CC(CN)C(=O)N(C)Cc1cccs1.Cl. The molecule has 86 valence electrons. The predicted octanol–water partition coefficient (Wildman–Crippen LogP) is 1.72. The van der Waals surface area contributed by atoms with E-state index in [9.17, 15) is 4.79 Å². The van der Waals surface area contributed by atoms with Crippen LogP contribution in [-0.2, 0) is 11.3 Å². The molecule has 0 aliphatic rings. The van der Waals surface area contributed by atoms with Crippen LogP contribution in [0.5, 0.6) is 0 Å². The van der Waals surface area contributed by atoms with Crippen LogP contribution in [0, 0.1) is 5.92 Å². The maximum absolute atomic E-state index is 11.7. The van der Waals surface area contributed by atoms with E-state index < -0.39 is 0 Å². The summed E-state index contributed by atoms with van der Waals surface area (Å²) in [6.07, 6.45) is 0. The maximum Gasteiger partial charge on any atom is 0.226 e. The lowest BCUT2D eigenvalue weighted by molar-refractivity contribution is -0.133. The number of nitrogens with two attached hydrogens (primary N) is 1. The largest absolute Gasteiger partial charge is 0.340 e. The first-order valence-corrected chi connectivity index (χ1v) is 5.50. The summed E-state index contributed by atoms with van der Waals surface area (Å²) in [6, 6.07) is 4.02. The van der Waals surface area contributed by atoms with Crippen LogP contribution in [0.3, 0.4) is 0 Å². The summed E-state index contributed by atoms with van der Waals surface area (Å²) in [6.45, 7) is 2.95. The average Bonchev–Trinajstić information content (AvgIpc) is 2.68. The van der Waals surface area contributed by atoms with Gasteiger partial charge in [0.25, 0.3) is 0 Å². The highest BCUT2D eigenvalue weighted by Gasteiger charge is 2.15. The van der Waals surface area contributed by atoms with Crippen molar-refractivity contribution in [2.45, 2.75) is 13.5 Å². The zero-order valence-corrected chi connectivity index (χ0v) is 10.6. The van der Waals surface area contributed by atoms with E-state index in [1.165, 1.54) is 4.88 Å². The Kier molecular flexibility index (Phi) is 6.56. The van der Waals surface area contributed by atoms with E-state index in [4.69, 9.17) is 5.73 Å². The number of hydrogen-bond acceptors (Lipinski definition) is 3. The Balaban J connectivity index is 0.00000196. The van der Waals surface area contributed by atoms with Crippen LogP contribution in [0.25, 0.3) is 0 Å². The second kappa shape index (κ2) is 6.82. The van der Waals surface area contributed by atoms with Gasteiger partial charge in [0.1, 0.15) is 0 Å². The Bertz CT molecular complexity index is 290. The van der Waals surface area contributed by atoms with Gasteiger partial charge in [-0.3, -0.25) is 4.79 Å². The zero-order valence-electron chi connectivity index (χ0n) is 8.97. The fourth-order valence-electron chi connectivity index (χ4n) is 1.19. The molecule has 1 aromatic heterocycles. The fourth-order valence-corrected chi connectivity index (χ4v) is 1.95. The number of nitrogens with zero attached hydrogens (tertiary/aromatic N) is 1. The molecule has 0 fully saturated rings. The van der Waals surface area contributed by atoms with Crippen molar-refractivity contribution < 1.29 is 4.79 Å². The van der Waals surface area contributed by atoms with Crippen molar-refractivity contribution >= 4 is 29.7 Å². The van der Waals surface area contributed by atoms with Crippen molar-refractivity contribution in [1.82, 2.24) is 4.90 Å². The van der Waals surface area contributed by atoms with Crippen LogP contribution in [0.2, 0.25) is 0 Å². The van der Waals surface area contributed by atoms with Gasteiger partial charge in [-0.05, 0) is 11.4 Å². The molecular formula is C10H17ClN2OS. The summed E-state index contributed by atoms with van der Waals surface area (Å²) in [5.41, 5.74) is 5.44. The number of halogens is 1. The van der Waals surface area contributed by atoms with Gasteiger partial charge in [0, 0.05) is 24.4 Å². The molecule has 0 radical (unpaired) electrons. The Labute approximate surface area is 101 Å². The molecule has 0 spiro atoms. The molecule has 0 bridgehead atoms. The number of thiophene rings is 1. The Morgan fingerprint density at radius 3 is 2.80 bits per heavy atom. The molecule has 3 nitrogen and oxygen atoms in total. The first-order valence-electron chi connectivity index (χ1n) is 4.62. The van der Waals surface area contributed by atoms with Crippen molar-refractivity contribution in [1.29, 1.82) is 0 Å². The van der Waals surface area contributed by atoms with Gasteiger partial charge < -0.3 is 10.6 Å². The number of rotatable bonds is 4. The highest BCUT2D eigenvalue weighted by atomic mass is 35.5. The van der Waals surface area contributed by atoms with E-state index in [2.05, 4.69) is 0 Å². The normalized spacial score (nSPS) is 11.7. The van der Waals surface area contributed by atoms with Gasteiger partial charge >= 0.3 is 0 Å². The molecule has 0 saturated heterocycles. The van der Waals surface area contributed by atoms with Crippen LogP contribution >= 0.6 is 23.7 Å². The standard InChI is InChI=1S/C10H16N2OS.ClH/c1-8(6-11)10(13)12(2)7-9-4-3-5-14-9;/h3-5,8H,6-7,11H2,1-2H3;1H. The molecule has 2 N–H and O–H groups in total. The minimum absolute atomic E-state index is 0. The number of carbonyl (C=O) groups is 1. The van der Waals surface area contributed by atoms with Crippen molar-refractivity contribution in [2.75, 3.05) is 13.6 Å². The van der Waals surface area contributed by atoms with E-state index in [1.807, 2.05) is 31.5 Å². The van der Waals surface area contributed by atoms with Gasteiger partial charge in [-0.15, -0.1) is 23.7 Å². The third kappa shape index (κ3) is 4.20. The Morgan fingerprint density at radius 2 is 2.33 bits per heavy atom. The van der Waals surface area contributed by atoms with Crippen molar-refractivity contribution in [3.8, 4) is 0 Å². The highest BCUT2D eigenvalue weighted by Crippen LogP contribution is 2.12. The molecule has 15 heavy (non-hydrogen) atoms. The molecule has 1 amide bonds. The minimum atomic E-state index is -0.0834. The Hall–Kier alpha value is -0.580. The second-order valence-electron chi connectivity index (χ2n) is 3.41. The van der Waals surface area contributed by atoms with Crippen molar-refractivity contribution in [2.24, 2.45) is 11.7 Å². The molecule has 1 atom stereocenters. The van der Waals surface area contributed by atoms with Crippen LogP contribution in [0.15, 0.2) is 17.5 Å². The predicted molar refractivity (Wildman–Crippen MR) is 66.3 cm³/mol. The van der Waals surface area contributed by atoms with Crippen molar-refractivity contribution in [3.63, 3.8) is 0 Å². The number of carbonyl (C=O) groups excluding carboxylic acids is 1. The Morgan fingerprint density at radius 1 is 1.67 bits per heavy atom. The molecule has 0 aromatic carbocycles. The molecule has 1 rings (SSSR count). The summed E-state index contributed by atoms with van der Waals surface area (Å²) < 4.78 is 0. The maximum atomic E-state index is 11.7. The van der Waals surface area contributed by atoms with Crippen LogP contribution in [-0.4, -0.2) is 24.4 Å². The lowest BCUT2D eigenvalue weighted by atomic mass is 10.1. The van der Waals surface area contributed by atoms with Gasteiger partial charge in [-0.25, -0.2) is 0 Å².